The summed E-state index contributed by atoms with van der Waals surface area (Å²) in [5, 5.41) is 2.12. The normalized spacial score (nSPS) is 12.7. The lowest BCUT2D eigenvalue weighted by molar-refractivity contribution is 0.599. The van der Waals surface area contributed by atoms with Gasteiger partial charge in [0.25, 0.3) is 0 Å². The molecule has 0 spiro atoms. The predicted octanol–water partition coefficient (Wildman–Crippen LogP) is 14.1. The van der Waals surface area contributed by atoms with Crippen molar-refractivity contribution < 1.29 is 8.42 Å². The number of sulfone groups is 1. The van der Waals surface area contributed by atoms with E-state index in [9.17, 15) is 8.42 Å². The van der Waals surface area contributed by atoms with E-state index in [0.29, 0.717) is 15.4 Å². The first kappa shape index (κ1) is 34.8. The summed E-state index contributed by atoms with van der Waals surface area (Å²) in [6.07, 6.45) is 0. The number of hydrogen-bond donors (Lipinski definition) is 0. The van der Waals surface area contributed by atoms with Crippen molar-refractivity contribution in [3.63, 3.8) is 0 Å². The number of anilines is 3. The fourth-order valence-electron chi connectivity index (χ4n) is 8.84. The lowest BCUT2D eigenvalue weighted by atomic mass is 9.95. The lowest BCUT2D eigenvalue weighted by Crippen LogP contribution is -2.12. The topological polar surface area (TPSA) is 42.3 Å². The summed E-state index contributed by atoms with van der Waals surface area (Å²) in [4.78, 5) is 2.96. The Morgan fingerprint density at radius 1 is 0.373 bits per heavy atom. The van der Waals surface area contributed by atoms with Gasteiger partial charge in [0.1, 0.15) is 0 Å². The molecule has 0 fully saturated rings. The van der Waals surface area contributed by atoms with Crippen molar-refractivity contribution in [2.75, 3.05) is 4.90 Å². The molecule has 9 aromatic carbocycles. The first-order chi connectivity index (χ1) is 29.0. The van der Waals surface area contributed by atoms with Crippen LogP contribution >= 0.6 is 0 Å². The second-order valence-corrected chi connectivity index (χ2v) is 16.8. The van der Waals surface area contributed by atoms with Crippen molar-refractivity contribution in [2.45, 2.75) is 9.79 Å². The molecule has 0 aliphatic carbocycles. The minimum absolute atomic E-state index is 0.340. The van der Waals surface area contributed by atoms with E-state index in [-0.39, 0.29) is 0 Å². The first-order valence-corrected chi connectivity index (χ1v) is 21.2. The van der Waals surface area contributed by atoms with Crippen LogP contribution in [0, 0.1) is 0 Å². The van der Waals surface area contributed by atoms with Gasteiger partial charge < -0.3 is 9.47 Å². The van der Waals surface area contributed by atoms with Gasteiger partial charge in [0.15, 0.2) is 0 Å². The van der Waals surface area contributed by atoms with E-state index in [1.807, 2.05) is 48.5 Å². The van der Waals surface area contributed by atoms with Crippen LogP contribution in [0.1, 0.15) is 0 Å². The zero-order valence-electron chi connectivity index (χ0n) is 31.9. The van der Waals surface area contributed by atoms with Crippen molar-refractivity contribution in [1.29, 1.82) is 0 Å². The van der Waals surface area contributed by atoms with Gasteiger partial charge in [0, 0.05) is 50.1 Å². The molecule has 59 heavy (non-hydrogen) atoms. The molecule has 280 valence electrons. The van der Waals surface area contributed by atoms with Crippen LogP contribution in [0.25, 0.3) is 72.0 Å². The largest absolute Gasteiger partial charge is 0.310 e. The van der Waals surface area contributed by atoms with Crippen LogP contribution in [0.5, 0.6) is 0 Å². The molecule has 5 heteroatoms. The Morgan fingerprint density at radius 2 is 0.864 bits per heavy atom. The van der Waals surface area contributed by atoms with Gasteiger partial charge in [0.2, 0.25) is 9.84 Å². The van der Waals surface area contributed by atoms with E-state index in [1.54, 1.807) is 12.1 Å². The Hall–Kier alpha value is -7.47. The Morgan fingerprint density at radius 3 is 1.49 bits per heavy atom. The molecule has 0 unspecified atom stereocenters. The van der Waals surface area contributed by atoms with Crippen LogP contribution in [0.4, 0.5) is 17.1 Å². The average Bonchev–Trinajstić information content (AvgIpc) is 3.75. The molecule has 0 saturated carbocycles. The molecule has 0 bridgehead atoms. The fourth-order valence-corrected chi connectivity index (χ4v) is 10.7. The molecule has 4 nitrogen and oxygen atoms in total. The Balaban J connectivity index is 1.23. The van der Waals surface area contributed by atoms with Gasteiger partial charge in [-0.25, -0.2) is 8.42 Å². The molecular formula is C54H36N2O2S. The van der Waals surface area contributed by atoms with Crippen molar-refractivity contribution in [1.82, 2.24) is 4.57 Å². The molecule has 0 atom stereocenters. The summed E-state index contributed by atoms with van der Waals surface area (Å²) >= 11 is 0. The maximum atomic E-state index is 14.7. The van der Waals surface area contributed by atoms with Crippen LogP contribution in [-0.2, 0) is 9.84 Å². The van der Waals surface area contributed by atoms with E-state index < -0.39 is 9.84 Å². The van der Waals surface area contributed by atoms with Crippen LogP contribution in [0.2, 0.25) is 0 Å². The predicted molar refractivity (Wildman–Crippen MR) is 243 cm³/mol. The highest BCUT2D eigenvalue weighted by atomic mass is 32.2. The highest BCUT2D eigenvalue weighted by Gasteiger charge is 2.36. The third-order valence-electron chi connectivity index (χ3n) is 11.6. The van der Waals surface area contributed by atoms with Gasteiger partial charge in [-0.3, -0.25) is 0 Å². The summed E-state index contributed by atoms with van der Waals surface area (Å²) in [5.74, 6) is 0. The standard InChI is InChI=1S/C54H36N2O2S/c57-59(58)53-26-13-11-22-45(53)46-23-14-24-47(54(46)59)49-35-48-44-21-10-12-25-50(44)56(41-19-8-3-9-20-41)52(48)36-51(49)55(42-31-27-39(28-32-42)37-15-4-1-5-16-37)43-33-29-40(30-34-43)38-17-6-2-7-18-38/h1-36H. The van der Waals surface area contributed by atoms with E-state index >= 15 is 0 Å². The zero-order valence-corrected chi connectivity index (χ0v) is 32.7. The fraction of sp³-hybridized carbons (Fsp3) is 0. The zero-order chi connectivity index (χ0) is 39.5. The number of benzene rings is 9. The smallest absolute Gasteiger partial charge is 0.208 e. The quantitative estimate of drug-likeness (QED) is 0.162. The molecule has 0 saturated heterocycles. The van der Waals surface area contributed by atoms with Gasteiger partial charge in [-0.15, -0.1) is 0 Å². The summed E-state index contributed by atoms with van der Waals surface area (Å²) in [6.45, 7) is 0. The molecule has 1 aliphatic heterocycles. The minimum atomic E-state index is -3.85. The van der Waals surface area contributed by atoms with Gasteiger partial charge in [-0.2, -0.15) is 0 Å². The maximum absolute atomic E-state index is 14.7. The number of rotatable bonds is 7. The molecule has 0 amide bonds. The third-order valence-corrected chi connectivity index (χ3v) is 13.5. The molecule has 1 aromatic heterocycles. The summed E-state index contributed by atoms with van der Waals surface area (Å²) in [5.41, 5.74) is 13.3. The molecule has 1 aliphatic rings. The van der Waals surface area contributed by atoms with Crippen LogP contribution < -0.4 is 4.90 Å². The monoisotopic (exact) mass is 776 g/mol. The average molecular weight is 777 g/mol. The third kappa shape index (κ3) is 5.70. The van der Waals surface area contributed by atoms with E-state index in [1.165, 1.54) is 0 Å². The van der Waals surface area contributed by atoms with Crippen LogP contribution in [0.15, 0.2) is 228 Å². The summed E-state index contributed by atoms with van der Waals surface area (Å²) in [7, 11) is -3.85. The van der Waals surface area contributed by atoms with E-state index in [0.717, 1.165) is 83.5 Å². The number of hydrogen-bond acceptors (Lipinski definition) is 3. The molecule has 2 heterocycles. The van der Waals surface area contributed by atoms with Gasteiger partial charge >= 0.3 is 0 Å². The number of fused-ring (bicyclic) bond motifs is 6. The van der Waals surface area contributed by atoms with Crippen LogP contribution in [-0.4, -0.2) is 13.0 Å². The van der Waals surface area contributed by atoms with Crippen molar-refractivity contribution in [3.8, 4) is 50.2 Å². The van der Waals surface area contributed by atoms with Crippen molar-refractivity contribution >= 4 is 48.7 Å². The Bertz CT molecular complexity index is 3220. The van der Waals surface area contributed by atoms with Gasteiger partial charge in [-0.1, -0.05) is 158 Å². The Kier molecular flexibility index (Phi) is 8.17. The molecular weight excluding hydrogens is 741 g/mol. The SMILES string of the molecule is O=S1(=O)c2ccccc2-c2cccc(-c3cc4c5ccccc5n(-c5ccccc5)c4cc3N(c3ccc(-c4ccccc4)cc3)c3ccc(-c4ccccc4)cc3)c21. The molecule has 11 rings (SSSR count). The second-order valence-electron chi connectivity index (χ2n) is 14.9. The van der Waals surface area contributed by atoms with E-state index in [4.69, 9.17) is 0 Å². The number of para-hydroxylation sites is 2. The van der Waals surface area contributed by atoms with Gasteiger partial charge in [0.05, 0.1) is 26.5 Å². The Labute approximate surface area is 343 Å². The first-order valence-electron chi connectivity index (χ1n) is 19.8. The van der Waals surface area contributed by atoms with Crippen LogP contribution in [0.3, 0.4) is 0 Å². The summed E-state index contributed by atoms with van der Waals surface area (Å²) in [6, 6.07) is 74.7. The number of aromatic nitrogens is 1. The number of nitrogens with zero attached hydrogens (tertiary/aromatic N) is 2. The second kappa shape index (κ2) is 13.9. The lowest BCUT2D eigenvalue weighted by Gasteiger charge is -2.29. The van der Waals surface area contributed by atoms with Crippen molar-refractivity contribution in [2.24, 2.45) is 0 Å². The molecule has 0 N–H and O–H groups in total. The highest BCUT2D eigenvalue weighted by molar-refractivity contribution is 7.92. The van der Waals surface area contributed by atoms with Crippen molar-refractivity contribution in [3.05, 3.63) is 218 Å². The highest BCUT2D eigenvalue weighted by Crippen LogP contribution is 2.52. The molecule has 10 aromatic rings. The van der Waals surface area contributed by atoms with E-state index in [2.05, 4.69) is 167 Å². The summed E-state index contributed by atoms with van der Waals surface area (Å²) < 4.78 is 31.7. The van der Waals surface area contributed by atoms with Gasteiger partial charge in [-0.05, 0) is 82.9 Å². The molecule has 0 radical (unpaired) electrons. The minimum Gasteiger partial charge on any atom is -0.310 e. The maximum Gasteiger partial charge on any atom is 0.208 e.